The monoisotopic (exact) mass is 288 g/mol. The molecule has 0 aromatic heterocycles. The van der Waals surface area contributed by atoms with Crippen molar-refractivity contribution in [2.75, 3.05) is 26.7 Å². The molecule has 0 bridgehead atoms. The van der Waals surface area contributed by atoms with Crippen molar-refractivity contribution in [1.29, 1.82) is 0 Å². The van der Waals surface area contributed by atoms with Crippen LogP contribution in [0.15, 0.2) is 24.3 Å². The van der Waals surface area contributed by atoms with Crippen molar-refractivity contribution in [3.63, 3.8) is 0 Å². The molecule has 2 fully saturated rings. The lowest BCUT2D eigenvalue weighted by molar-refractivity contribution is 0.104. The number of hydrogen-bond donors (Lipinski definition) is 1. The lowest BCUT2D eigenvalue weighted by Crippen LogP contribution is -2.38. The number of piperidine rings is 2. The highest BCUT2D eigenvalue weighted by Crippen LogP contribution is 2.20. The summed E-state index contributed by atoms with van der Waals surface area (Å²) in [4.78, 5) is 2.36. The Bertz CT molecular complexity index is 425. The molecule has 2 saturated heterocycles. The Morgan fingerprint density at radius 2 is 2.00 bits per heavy atom. The van der Waals surface area contributed by atoms with Gasteiger partial charge in [-0.3, -0.25) is 0 Å². The van der Waals surface area contributed by atoms with Crippen LogP contribution in [-0.2, 0) is 6.42 Å². The molecule has 3 heteroatoms. The van der Waals surface area contributed by atoms with E-state index in [1.54, 1.807) is 0 Å². The summed E-state index contributed by atoms with van der Waals surface area (Å²) in [5, 5.41) is 3.62. The molecule has 0 amide bonds. The number of likely N-dealkylation sites (N-methyl/N-ethyl adjacent to an activating group) is 1. The zero-order valence-corrected chi connectivity index (χ0v) is 13.2. The minimum atomic E-state index is 0.356. The Labute approximate surface area is 128 Å². The van der Waals surface area contributed by atoms with Crippen LogP contribution in [-0.4, -0.2) is 43.7 Å². The molecule has 2 atom stereocenters. The van der Waals surface area contributed by atoms with Gasteiger partial charge in [0.2, 0.25) is 0 Å². The quantitative estimate of drug-likeness (QED) is 0.922. The van der Waals surface area contributed by atoms with Gasteiger partial charge in [0.05, 0.1) is 0 Å². The fourth-order valence-electron chi connectivity index (χ4n) is 3.49. The summed E-state index contributed by atoms with van der Waals surface area (Å²) in [6, 6.07) is 9.42. The number of likely N-dealkylation sites (tertiary alicyclic amines) is 1. The van der Waals surface area contributed by atoms with Crippen molar-refractivity contribution in [3.8, 4) is 5.75 Å². The summed E-state index contributed by atoms with van der Waals surface area (Å²) in [5.41, 5.74) is 1.42. The lowest BCUT2D eigenvalue weighted by Gasteiger charge is -2.30. The van der Waals surface area contributed by atoms with Crippen LogP contribution in [0.4, 0.5) is 0 Å². The van der Waals surface area contributed by atoms with Crippen molar-refractivity contribution < 1.29 is 4.74 Å². The summed E-state index contributed by atoms with van der Waals surface area (Å²) < 4.78 is 6.11. The van der Waals surface area contributed by atoms with Crippen LogP contribution in [0.2, 0.25) is 0 Å². The van der Waals surface area contributed by atoms with E-state index < -0.39 is 0 Å². The first-order chi connectivity index (χ1) is 10.3. The van der Waals surface area contributed by atoms with Gasteiger partial charge >= 0.3 is 0 Å². The number of rotatable bonds is 4. The molecular weight excluding hydrogens is 260 g/mol. The van der Waals surface area contributed by atoms with Crippen LogP contribution < -0.4 is 10.1 Å². The first-order valence-electron chi connectivity index (χ1n) is 8.47. The molecule has 1 N–H and O–H groups in total. The van der Waals surface area contributed by atoms with Crippen LogP contribution in [0.25, 0.3) is 0 Å². The van der Waals surface area contributed by atoms with Crippen molar-refractivity contribution >= 4 is 0 Å². The Kier molecular flexibility index (Phi) is 5.15. The highest BCUT2D eigenvalue weighted by atomic mass is 16.5. The molecule has 1 aromatic rings. The maximum Gasteiger partial charge on any atom is 0.119 e. The Morgan fingerprint density at radius 1 is 1.14 bits per heavy atom. The van der Waals surface area contributed by atoms with Gasteiger partial charge in [-0.2, -0.15) is 0 Å². The predicted molar refractivity (Wildman–Crippen MR) is 86.9 cm³/mol. The largest absolute Gasteiger partial charge is 0.489 e. The van der Waals surface area contributed by atoms with E-state index in [0.717, 1.165) is 18.7 Å². The van der Waals surface area contributed by atoms with Gasteiger partial charge in [-0.15, -0.1) is 0 Å². The molecule has 2 aliphatic rings. The normalized spacial score (nSPS) is 27.5. The molecule has 2 aliphatic heterocycles. The highest BCUT2D eigenvalue weighted by molar-refractivity contribution is 5.28. The molecule has 1 aromatic carbocycles. The van der Waals surface area contributed by atoms with Gasteiger partial charge in [-0.25, -0.2) is 0 Å². The second-order valence-corrected chi connectivity index (χ2v) is 6.64. The van der Waals surface area contributed by atoms with Crippen molar-refractivity contribution in [1.82, 2.24) is 10.2 Å². The third kappa shape index (κ3) is 4.45. The molecule has 0 spiro atoms. The van der Waals surface area contributed by atoms with Gasteiger partial charge in [0.1, 0.15) is 11.9 Å². The predicted octanol–water partition coefficient (Wildman–Crippen LogP) is 2.84. The first-order valence-corrected chi connectivity index (χ1v) is 8.47. The van der Waals surface area contributed by atoms with Gasteiger partial charge in [0.25, 0.3) is 0 Å². The molecule has 2 heterocycles. The van der Waals surface area contributed by atoms with Gasteiger partial charge < -0.3 is 15.0 Å². The maximum absolute atomic E-state index is 6.11. The Balaban J connectivity index is 1.51. The van der Waals surface area contributed by atoms with Gasteiger partial charge in [-0.05, 0) is 69.9 Å². The number of benzene rings is 1. The minimum Gasteiger partial charge on any atom is -0.489 e. The van der Waals surface area contributed by atoms with E-state index in [-0.39, 0.29) is 0 Å². The summed E-state index contributed by atoms with van der Waals surface area (Å²) in [6.45, 7) is 3.43. The standard InChI is InChI=1S/C18H28N2O/c1-20-12-4-6-18(14-20)21-17-9-7-15(8-10-17)13-16-5-2-3-11-19-16/h7-10,16,18-19H,2-6,11-14H2,1H3. The van der Waals surface area contributed by atoms with E-state index in [1.165, 1.54) is 50.8 Å². The van der Waals surface area contributed by atoms with Crippen LogP contribution in [0.3, 0.4) is 0 Å². The van der Waals surface area contributed by atoms with Crippen molar-refractivity contribution in [3.05, 3.63) is 29.8 Å². The van der Waals surface area contributed by atoms with E-state index in [0.29, 0.717) is 12.1 Å². The SMILES string of the molecule is CN1CCCC(Oc2ccc(CC3CCCCN3)cc2)C1. The second kappa shape index (κ2) is 7.28. The van der Waals surface area contributed by atoms with Crippen LogP contribution in [0.5, 0.6) is 5.75 Å². The highest BCUT2D eigenvalue weighted by Gasteiger charge is 2.18. The topological polar surface area (TPSA) is 24.5 Å². The van der Waals surface area contributed by atoms with Crippen LogP contribution in [0.1, 0.15) is 37.7 Å². The number of ether oxygens (including phenoxy) is 1. The summed E-state index contributed by atoms with van der Waals surface area (Å²) in [5.74, 6) is 1.02. The Morgan fingerprint density at radius 3 is 2.71 bits per heavy atom. The summed E-state index contributed by atoms with van der Waals surface area (Å²) in [6.07, 6.45) is 7.94. The van der Waals surface area contributed by atoms with Gasteiger partial charge in [0, 0.05) is 12.6 Å². The van der Waals surface area contributed by atoms with E-state index in [9.17, 15) is 0 Å². The molecule has 0 aliphatic carbocycles. The first kappa shape index (κ1) is 14.9. The molecule has 3 rings (SSSR count). The van der Waals surface area contributed by atoms with E-state index in [2.05, 4.69) is 41.5 Å². The molecule has 116 valence electrons. The molecular formula is C18H28N2O. The third-order valence-corrected chi connectivity index (χ3v) is 4.70. The molecule has 3 nitrogen and oxygen atoms in total. The number of nitrogens with one attached hydrogen (secondary N) is 1. The zero-order chi connectivity index (χ0) is 14.5. The van der Waals surface area contributed by atoms with Crippen LogP contribution in [0, 0.1) is 0 Å². The average Bonchev–Trinajstić information content (AvgIpc) is 2.50. The van der Waals surface area contributed by atoms with E-state index in [4.69, 9.17) is 4.74 Å². The van der Waals surface area contributed by atoms with Gasteiger partial charge in [0.15, 0.2) is 0 Å². The third-order valence-electron chi connectivity index (χ3n) is 4.70. The number of hydrogen-bond acceptors (Lipinski definition) is 3. The number of nitrogens with zero attached hydrogens (tertiary/aromatic N) is 1. The average molecular weight is 288 g/mol. The van der Waals surface area contributed by atoms with Gasteiger partial charge in [-0.1, -0.05) is 18.6 Å². The lowest BCUT2D eigenvalue weighted by atomic mass is 9.98. The molecule has 2 unspecified atom stereocenters. The maximum atomic E-state index is 6.11. The molecule has 0 radical (unpaired) electrons. The Hall–Kier alpha value is -1.06. The van der Waals surface area contributed by atoms with Crippen molar-refractivity contribution in [2.45, 2.75) is 50.7 Å². The fraction of sp³-hybridized carbons (Fsp3) is 0.667. The molecule has 21 heavy (non-hydrogen) atoms. The second-order valence-electron chi connectivity index (χ2n) is 6.64. The minimum absolute atomic E-state index is 0.356. The zero-order valence-electron chi connectivity index (χ0n) is 13.2. The van der Waals surface area contributed by atoms with Crippen LogP contribution >= 0.6 is 0 Å². The fourth-order valence-corrected chi connectivity index (χ4v) is 3.49. The summed E-state index contributed by atoms with van der Waals surface area (Å²) in [7, 11) is 2.18. The van der Waals surface area contributed by atoms with Crippen molar-refractivity contribution in [2.24, 2.45) is 0 Å². The molecule has 0 saturated carbocycles. The van der Waals surface area contributed by atoms with E-state index in [1.807, 2.05) is 0 Å². The van der Waals surface area contributed by atoms with E-state index >= 15 is 0 Å². The smallest absolute Gasteiger partial charge is 0.119 e. The summed E-state index contributed by atoms with van der Waals surface area (Å²) >= 11 is 0.